The van der Waals surface area contributed by atoms with E-state index < -0.39 is 6.04 Å². The molecule has 13 heavy (non-hydrogen) atoms. The van der Waals surface area contributed by atoms with Crippen LogP contribution >= 0.6 is 0 Å². The molecule has 0 heterocycles. The van der Waals surface area contributed by atoms with Gasteiger partial charge in [0.05, 0.1) is 18.8 Å². The van der Waals surface area contributed by atoms with Crippen LogP contribution in [0.1, 0.15) is 34.1 Å². The summed E-state index contributed by atoms with van der Waals surface area (Å²) in [7, 11) is 0. The molecule has 3 nitrogen and oxygen atoms in total. The largest absolute Gasteiger partial charge is 0.377 e. The molecule has 3 heteroatoms. The monoisotopic (exact) mass is 187 g/mol. The van der Waals surface area contributed by atoms with Crippen molar-refractivity contribution in [2.24, 2.45) is 11.7 Å². The smallest absolute Gasteiger partial charge is 0.154 e. The number of carbonyl (C=O) groups excluding carboxylic acids is 1. The minimum absolute atomic E-state index is 0.0470. The zero-order chi connectivity index (χ0) is 10.4. The van der Waals surface area contributed by atoms with Crippen LogP contribution in [0.4, 0.5) is 0 Å². The molecular weight excluding hydrogens is 166 g/mol. The predicted octanol–water partition coefficient (Wildman–Crippen LogP) is 1.35. The maximum atomic E-state index is 11.5. The van der Waals surface area contributed by atoms with Gasteiger partial charge in [0.15, 0.2) is 5.78 Å². The highest BCUT2D eigenvalue weighted by Crippen LogP contribution is 2.05. The van der Waals surface area contributed by atoms with Crippen molar-refractivity contribution in [2.75, 3.05) is 6.61 Å². The van der Waals surface area contributed by atoms with Crippen molar-refractivity contribution < 1.29 is 9.53 Å². The minimum Gasteiger partial charge on any atom is -0.377 e. The van der Waals surface area contributed by atoms with Gasteiger partial charge in [-0.05, 0) is 20.3 Å². The molecule has 2 atom stereocenters. The summed E-state index contributed by atoms with van der Waals surface area (Å²) < 4.78 is 5.27. The Balaban J connectivity index is 3.82. The van der Waals surface area contributed by atoms with Gasteiger partial charge in [0.2, 0.25) is 0 Å². The molecule has 0 amide bonds. The van der Waals surface area contributed by atoms with Gasteiger partial charge in [-0.25, -0.2) is 0 Å². The van der Waals surface area contributed by atoms with Crippen LogP contribution in [0.2, 0.25) is 0 Å². The summed E-state index contributed by atoms with van der Waals surface area (Å²) in [6.45, 7) is 8.08. The lowest BCUT2D eigenvalue weighted by atomic mass is 9.98. The van der Waals surface area contributed by atoms with Crippen LogP contribution in [0.5, 0.6) is 0 Å². The van der Waals surface area contributed by atoms with Crippen LogP contribution in [-0.4, -0.2) is 24.5 Å². The Labute approximate surface area is 80.6 Å². The molecule has 0 fully saturated rings. The van der Waals surface area contributed by atoms with E-state index in [9.17, 15) is 4.79 Å². The number of carbonyl (C=O) groups is 1. The average molecular weight is 187 g/mol. The maximum Gasteiger partial charge on any atom is 0.154 e. The molecule has 78 valence electrons. The fraction of sp³-hybridized carbons (Fsp3) is 0.900. The fourth-order valence-electron chi connectivity index (χ4n) is 0.945. The number of ketones is 1. The van der Waals surface area contributed by atoms with Crippen molar-refractivity contribution in [2.45, 2.75) is 46.3 Å². The van der Waals surface area contributed by atoms with Crippen molar-refractivity contribution in [3.63, 3.8) is 0 Å². The quantitative estimate of drug-likeness (QED) is 0.683. The van der Waals surface area contributed by atoms with Crippen molar-refractivity contribution >= 4 is 5.78 Å². The van der Waals surface area contributed by atoms with Crippen LogP contribution in [0.3, 0.4) is 0 Å². The van der Waals surface area contributed by atoms with Gasteiger partial charge in [0.1, 0.15) is 0 Å². The molecule has 2 N–H and O–H groups in total. The van der Waals surface area contributed by atoms with Crippen molar-refractivity contribution in [3.05, 3.63) is 0 Å². The highest BCUT2D eigenvalue weighted by Gasteiger charge is 2.19. The molecule has 0 aromatic heterocycles. The third kappa shape index (κ3) is 5.01. The molecule has 0 aromatic carbocycles. The summed E-state index contributed by atoms with van der Waals surface area (Å²) in [5.74, 6) is 0.147. The Kier molecular flexibility index (Phi) is 5.91. The number of hydrogen-bond acceptors (Lipinski definition) is 3. The molecule has 0 aromatic rings. The van der Waals surface area contributed by atoms with Gasteiger partial charge in [0, 0.05) is 5.92 Å². The van der Waals surface area contributed by atoms with Crippen LogP contribution in [0.25, 0.3) is 0 Å². The normalized spacial score (nSPS) is 15.8. The summed E-state index contributed by atoms with van der Waals surface area (Å²) in [6.07, 6.45) is 0.976. The molecule has 0 aliphatic heterocycles. The minimum atomic E-state index is -0.461. The van der Waals surface area contributed by atoms with E-state index in [1.165, 1.54) is 0 Å². The Bertz CT molecular complexity index is 157. The van der Waals surface area contributed by atoms with Crippen molar-refractivity contribution in [1.82, 2.24) is 0 Å². The summed E-state index contributed by atoms with van der Waals surface area (Å²) in [6, 6.07) is -0.461. The van der Waals surface area contributed by atoms with Crippen LogP contribution in [0.15, 0.2) is 0 Å². The van der Waals surface area contributed by atoms with E-state index in [2.05, 4.69) is 0 Å². The van der Waals surface area contributed by atoms with Gasteiger partial charge in [-0.1, -0.05) is 13.8 Å². The maximum absolute atomic E-state index is 11.5. The number of ether oxygens (including phenoxy) is 1. The second-order valence-electron chi connectivity index (χ2n) is 3.70. The number of Topliss-reactive ketones (excluding diaryl/α,β-unsaturated/α-hetero) is 1. The molecule has 1 unspecified atom stereocenters. The highest BCUT2D eigenvalue weighted by atomic mass is 16.5. The van der Waals surface area contributed by atoms with E-state index in [4.69, 9.17) is 10.5 Å². The van der Waals surface area contributed by atoms with Crippen LogP contribution in [0, 0.1) is 5.92 Å². The zero-order valence-corrected chi connectivity index (χ0v) is 9.04. The molecular formula is C10H21NO2. The molecule has 0 spiro atoms. The number of rotatable bonds is 6. The van der Waals surface area contributed by atoms with Crippen molar-refractivity contribution in [1.29, 1.82) is 0 Å². The van der Waals surface area contributed by atoms with Crippen LogP contribution < -0.4 is 5.73 Å². The summed E-state index contributed by atoms with van der Waals surface area (Å²) >= 11 is 0. The highest BCUT2D eigenvalue weighted by molar-refractivity contribution is 5.85. The van der Waals surface area contributed by atoms with Gasteiger partial charge in [-0.15, -0.1) is 0 Å². The molecule has 0 saturated heterocycles. The van der Waals surface area contributed by atoms with Gasteiger partial charge in [-0.3, -0.25) is 4.79 Å². The Morgan fingerprint density at radius 1 is 1.38 bits per heavy atom. The lowest BCUT2D eigenvalue weighted by Gasteiger charge is -2.16. The second kappa shape index (κ2) is 6.11. The zero-order valence-electron chi connectivity index (χ0n) is 9.04. The number of nitrogens with two attached hydrogens (primary N) is 1. The first kappa shape index (κ1) is 12.6. The Hall–Kier alpha value is -0.410. The van der Waals surface area contributed by atoms with Gasteiger partial charge in [-0.2, -0.15) is 0 Å². The molecule has 0 radical (unpaired) electrons. The number of hydrogen-bond donors (Lipinski definition) is 1. The Morgan fingerprint density at radius 3 is 2.31 bits per heavy atom. The van der Waals surface area contributed by atoms with Crippen molar-refractivity contribution in [3.8, 4) is 0 Å². The summed E-state index contributed by atoms with van der Waals surface area (Å²) in [5, 5.41) is 0. The Morgan fingerprint density at radius 2 is 1.92 bits per heavy atom. The average Bonchev–Trinajstić information content (AvgIpc) is 2.11. The molecule has 0 rings (SSSR count). The summed E-state index contributed by atoms with van der Waals surface area (Å²) in [4.78, 5) is 11.5. The molecule has 0 aliphatic carbocycles. The van der Waals surface area contributed by atoms with E-state index in [1.807, 2.05) is 27.7 Å². The lowest BCUT2D eigenvalue weighted by molar-refractivity contribution is -0.125. The SMILES string of the molecule is CCC(C)C(=O)[C@@H](N)COC(C)C. The molecule has 0 saturated carbocycles. The van der Waals surface area contributed by atoms with E-state index >= 15 is 0 Å². The van der Waals surface area contributed by atoms with E-state index in [1.54, 1.807) is 0 Å². The second-order valence-corrected chi connectivity index (χ2v) is 3.70. The summed E-state index contributed by atoms with van der Waals surface area (Å²) in [5.41, 5.74) is 5.67. The van der Waals surface area contributed by atoms with Gasteiger partial charge in [0.25, 0.3) is 0 Å². The van der Waals surface area contributed by atoms with Gasteiger partial charge < -0.3 is 10.5 Å². The first-order valence-electron chi connectivity index (χ1n) is 4.89. The molecule has 0 bridgehead atoms. The fourth-order valence-corrected chi connectivity index (χ4v) is 0.945. The predicted molar refractivity (Wildman–Crippen MR) is 53.5 cm³/mol. The standard InChI is InChI=1S/C10H21NO2/c1-5-8(4)10(12)9(11)6-13-7(2)3/h7-9H,5-6,11H2,1-4H3/t8?,9-/m0/s1. The third-order valence-electron chi connectivity index (χ3n) is 2.07. The molecule has 0 aliphatic rings. The lowest BCUT2D eigenvalue weighted by Crippen LogP contribution is -2.39. The van der Waals surface area contributed by atoms with E-state index in [0.29, 0.717) is 6.61 Å². The first-order valence-corrected chi connectivity index (χ1v) is 4.89. The van der Waals surface area contributed by atoms with E-state index in [-0.39, 0.29) is 17.8 Å². The van der Waals surface area contributed by atoms with Gasteiger partial charge >= 0.3 is 0 Å². The van der Waals surface area contributed by atoms with Crippen LogP contribution in [-0.2, 0) is 9.53 Å². The first-order chi connectivity index (χ1) is 5.99. The van der Waals surface area contributed by atoms with E-state index in [0.717, 1.165) is 6.42 Å². The topological polar surface area (TPSA) is 52.3 Å². The third-order valence-corrected chi connectivity index (χ3v) is 2.07.